The number of nitrogens with zero attached hydrogens (tertiary/aromatic N) is 1. The Hall–Kier alpha value is -1.81. The average molecular weight is 181 g/mol. The fraction of sp³-hybridized carbons (Fsp3) is 0.154. The highest BCUT2D eigenvalue weighted by Crippen LogP contribution is 2.30. The maximum Gasteiger partial charge on any atom is 0.0998 e. The molecule has 1 aliphatic carbocycles. The zero-order chi connectivity index (χ0) is 9.97. The molecule has 0 bridgehead atoms. The molecule has 0 amide bonds. The molecular formula is C13H11N. The van der Waals surface area contributed by atoms with Crippen molar-refractivity contribution >= 4 is 5.57 Å². The SMILES string of the molecule is CC1=C(c2ccccc2C#N)CC=C1. The molecule has 0 N–H and O–H groups in total. The summed E-state index contributed by atoms with van der Waals surface area (Å²) in [5, 5.41) is 8.97. The summed E-state index contributed by atoms with van der Waals surface area (Å²) in [6.45, 7) is 2.09. The maximum atomic E-state index is 8.97. The standard InChI is InChI=1S/C13H11N/c1-10-5-4-8-12(10)13-7-3-2-6-11(13)9-14/h2-7H,8H2,1H3. The number of rotatable bonds is 1. The van der Waals surface area contributed by atoms with Crippen molar-refractivity contribution in [3.05, 3.63) is 53.1 Å². The van der Waals surface area contributed by atoms with Crippen LogP contribution in [-0.4, -0.2) is 0 Å². The van der Waals surface area contributed by atoms with Crippen LogP contribution in [0.15, 0.2) is 42.0 Å². The predicted molar refractivity (Wildman–Crippen MR) is 57.5 cm³/mol. The third-order valence-electron chi connectivity index (χ3n) is 2.54. The molecule has 1 aromatic rings. The van der Waals surface area contributed by atoms with Gasteiger partial charge in [-0.15, -0.1) is 0 Å². The highest BCUT2D eigenvalue weighted by molar-refractivity contribution is 5.77. The molecule has 1 aliphatic rings. The minimum Gasteiger partial charge on any atom is -0.192 e. The first-order valence-electron chi connectivity index (χ1n) is 4.68. The van der Waals surface area contributed by atoms with Gasteiger partial charge in [0, 0.05) is 0 Å². The minimum atomic E-state index is 0.769. The summed E-state index contributed by atoms with van der Waals surface area (Å²) in [5.41, 5.74) is 4.40. The Morgan fingerprint density at radius 1 is 1.29 bits per heavy atom. The quantitative estimate of drug-likeness (QED) is 0.652. The van der Waals surface area contributed by atoms with E-state index in [0.29, 0.717) is 0 Å². The smallest absolute Gasteiger partial charge is 0.0998 e. The van der Waals surface area contributed by atoms with Gasteiger partial charge in [0.2, 0.25) is 0 Å². The summed E-state index contributed by atoms with van der Waals surface area (Å²) in [6, 6.07) is 10.0. The molecule has 0 unspecified atom stereocenters. The van der Waals surface area contributed by atoms with Gasteiger partial charge in [-0.25, -0.2) is 0 Å². The van der Waals surface area contributed by atoms with E-state index in [4.69, 9.17) is 5.26 Å². The Bertz CT molecular complexity index is 458. The van der Waals surface area contributed by atoms with E-state index in [1.54, 1.807) is 0 Å². The van der Waals surface area contributed by atoms with Gasteiger partial charge in [0.25, 0.3) is 0 Å². The normalized spacial score (nSPS) is 14.6. The van der Waals surface area contributed by atoms with Gasteiger partial charge in [0.05, 0.1) is 11.6 Å². The molecule has 14 heavy (non-hydrogen) atoms. The van der Waals surface area contributed by atoms with Gasteiger partial charge in [-0.1, -0.05) is 30.4 Å². The van der Waals surface area contributed by atoms with Crippen LogP contribution in [0.3, 0.4) is 0 Å². The number of nitriles is 1. The van der Waals surface area contributed by atoms with E-state index >= 15 is 0 Å². The van der Waals surface area contributed by atoms with Crippen molar-refractivity contribution in [1.29, 1.82) is 5.26 Å². The summed E-state index contributed by atoms with van der Waals surface area (Å²) < 4.78 is 0. The number of allylic oxidation sites excluding steroid dienone is 4. The molecule has 1 nitrogen and oxygen atoms in total. The zero-order valence-electron chi connectivity index (χ0n) is 8.12. The van der Waals surface area contributed by atoms with E-state index < -0.39 is 0 Å². The highest BCUT2D eigenvalue weighted by atomic mass is 14.3. The van der Waals surface area contributed by atoms with Crippen molar-refractivity contribution in [1.82, 2.24) is 0 Å². The lowest BCUT2D eigenvalue weighted by atomic mass is 9.97. The molecule has 2 rings (SSSR count). The van der Waals surface area contributed by atoms with Crippen molar-refractivity contribution in [2.45, 2.75) is 13.3 Å². The van der Waals surface area contributed by atoms with E-state index in [2.05, 4.69) is 25.1 Å². The lowest BCUT2D eigenvalue weighted by Crippen LogP contribution is -1.88. The summed E-state index contributed by atoms with van der Waals surface area (Å²) in [5.74, 6) is 0. The van der Waals surface area contributed by atoms with Crippen molar-refractivity contribution in [2.24, 2.45) is 0 Å². The first-order chi connectivity index (χ1) is 6.83. The minimum absolute atomic E-state index is 0.769. The molecule has 0 atom stereocenters. The van der Waals surface area contributed by atoms with Crippen molar-refractivity contribution in [2.75, 3.05) is 0 Å². The largest absolute Gasteiger partial charge is 0.192 e. The van der Waals surface area contributed by atoms with Crippen LogP contribution in [0.4, 0.5) is 0 Å². The fourth-order valence-corrected chi connectivity index (χ4v) is 1.78. The Morgan fingerprint density at radius 3 is 2.71 bits per heavy atom. The lowest BCUT2D eigenvalue weighted by molar-refractivity contribution is 1.38. The van der Waals surface area contributed by atoms with Gasteiger partial charge in [-0.2, -0.15) is 5.26 Å². The van der Waals surface area contributed by atoms with Crippen LogP contribution >= 0.6 is 0 Å². The van der Waals surface area contributed by atoms with Gasteiger partial charge in [-0.3, -0.25) is 0 Å². The number of hydrogen-bond acceptors (Lipinski definition) is 1. The van der Waals surface area contributed by atoms with Crippen LogP contribution in [0.5, 0.6) is 0 Å². The third-order valence-corrected chi connectivity index (χ3v) is 2.54. The Labute approximate surface area is 84.0 Å². The van der Waals surface area contributed by atoms with E-state index in [0.717, 1.165) is 17.5 Å². The molecule has 0 radical (unpaired) electrons. The van der Waals surface area contributed by atoms with Crippen LogP contribution < -0.4 is 0 Å². The Kier molecular flexibility index (Phi) is 2.20. The third kappa shape index (κ3) is 1.36. The van der Waals surface area contributed by atoms with Crippen LogP contribution in [0.1, 0.15) is 24.5 Å². The molecule has 1 aromatic carbocycles. The van der Waals surface area contributed by atoms with Crippen molar-refractivity contribution in [3.8, 4) is 6.07 Å². The summed E-state index contributed by atoms with van der Waals surface area (Å²) >= 11 is 0. The molecule has 0 aromatic heterocycles. The van der Waals surface area contributed by atoms with Gasteiger partial charge < -0.3 is 0 Å². The number of hydrogen-bond donors (Lipinski definition) is 0. The number of benzene rings is 1. The lowest BCUT2D eigenvalue weighted by Gasteiger charge is -2.05. The molecule has 0 saturated carbocycles. The monoisotopic (exact) mass is 181 g/mol. The molecule has 0 heterocycles. The van der Waals surface area contributed by atoms with Crippen LogP contribution in [0, 0.1) is 11.3 Å². The zero-order valence-corrected chi connectivity index (χ0v) is 8.12. The van der Waals surface area contributed by atoms with E-state index in [9.17, 15) is 0 Å². The summed E-state index contributed by atoms with van der Waals surface area (Å²) in [7, 11) is 0. The van der Waals surface area contributed by atoms with E-state index in [1.807, 2.05) is 24.3 Å². The first kappa shape index (κ1) is 8.77. The van der Waals surface area contributed by atoms with E-state index in [-0.39, 0.29) is 0 Å². The average Bonchev–Trinajstić information content (AvgIpc) is 2.64. The van der Waals surface area contributed by atoms with Gasteiger partial charge in [-0.05, 0) is 36.1 Å². The van der Waals surface area contributed by atoms with Crippen molar-refractivity contribution in [3.63, 3.8) is 0 Å². The predicted octanol–water partition coefficient (Wildman–Crippen LogP) is 3.29. The molecule has 0 spiro atoms. The first-order valence-corrected chi connectivity index (χ1v) is 4.68. The van der Waals surface area contributed by atoms with Gasteiger partial charge in [0.15, 0.2) is 0 Å². The highest BCUT2D eigenvalue weighted by Gasteiger charge is 2.10. The van der Waals surface area contributed by atoms with Gasteiger partial charge in [0.1, 0.15) is 0 Å². The molecule has 68 valence electrons. The van der Waals surface area contributed by atoms with Gasteiger partial charge >= 0.3 is 0 Å². The molecule has 0 saturated heterocycles. The van der Waals surface area contributed by atoms with Crippen LogP contribution in [-0.2, 0) is 0 Å². The molecule has 1 heteroatoms. The maximum absolute atomic E-state index is 8.97. The fourth-order valence-electron chi connectivity index (χ4n) is 1.78. The second-order valence-electron chi connectivity index (χ2n) is 3.43. The van der Waals surface area contributed by atoms with E-state index in [1.165, 1.54) is 11.1 Å². The molecule has 0 fully saturated rings. The summed E-state index contributed by atoms with van der Waals surface area (Å²) in [4.78, 5) is 0. The Balaban J connectivity index is 2.54. The topological polar surface area (TPSA) is 23.8 Å². The van der Waals surface area contributed by atoms with Crippen LogP contribution in [0.2, 0.25) is 0 Å². The van der Waals surface area contributed by atoms with Crippen molar-refractivity contribution < 1.29 is 0 Å². The summed E-state index contributed by atoms with van der Waals surface area (Å²) in [6.07, 6.45) is 5.20. The second-order valence-corrected chi connectivity index (χ2v) is 3.43. The molecule has 0 aliphatic heterocycles. The second kappa shape index (κ2) is 3.51. The molecular weight excluding hydrogens is 170 g/mol. The van der Waals surface area contributed by atoms with Crippen LogP contribution in [0.25, 0.3) is 5.57 Å². The Morgan fingerprint density at radius 2 is 2.07 bits per heavy atom.